The first-order chi connectivity index (χ1) is 5.77. The molecule has 0 spiro atoms. The molecule has 0 saturated heterocycles. The fourth-order valence-electron chi connectivity index (χ4n) is 1.12. The first kappa shape index (κ1) is 11.4. The van der Waals surface area contributed by atoms with Crippen LogP contribution in [-0.4, -0.2) is 5.78 Å². The minimum absolute atomic E-state index is 0.156. The molecule has 0 heterocycles. The van der Waals surface area contributed by atoms with Crippen LogP contribution in [-0.2, 0) is 4.79 Å². The van der Waals surface area contributed by atoms with Crippen LogP contribution in [0.15, 0.2) is 12.2 Å². The number of ketones is 1. The number of carbonyl (C=O) groups excluding carboxylic acids is 1. The van der Waals surface area contributed by atoms with Crippen molar-refractivity contribution in [1.29, 1.82) is 0 Å². The summed E-state index contributed by atoms with van der Waals surface area (Å²) in [6, 6.07) is 0. The van der Waals surface area contributed by atoms with E-state index in [9.17, 15) is 4.79 Å². The van der Waals surface area contributed by atoms with Gasteiger partial charge in [-0.15, -0.1) is 0 Å². The fraction of sp³-hybridized carbons (Fsp3) is 0.727. The van der Waals surface area contributed by atoms with Crippen LogP contribution >= 0.6 is 0 Å². The Morgan fingerprint density at radius 1 is 1.17 bits per heavy atom. The minimum Gasteiger partial charge on any atom is -0.295 e. The Hall–Kier alpha value is -0.590. The molecule has 0 radical (unpaired) electrons. The first-order valence-electron chi connectivity index (χ1n) is 4.94. The number of carbonyl (C=O) groups is 1. The smallest absolute Gasteiger partial charge is 0.152 e. The van der Waals surface area contributed by atoms with E-state index >= 15 is 0 Å². The van der Waals surface area contributed by atoms with Gasteiger partial charge in [0.1, 0.15) is 0 Å². The van der Waals surface area contributed by atoms with Crippen molar-refractivity contribution >= 4 is 5.78 Å². The van der Waals surface area contributed by atoms with Crippen LogP contribution in [0, 0.1) is 0 Å². The normalized spacial score (nSPS) is 10.8. The number of hydrogen-bond acceptors (Lipinski definition) is 1. The number of hydrogen-bond donors (Lipinski definition) is 0. The van der Waals surface area contributed by atoms with Crippen molar-refractivity contribution in [1.82, 2.24) is 0 Å². The standard InChI is InChI=1S/C11H20O/c1-3-4-5-6-7-8-9-10-11(2)12/h9-10H,3-8H2,1-2H3/b10-9-. The van der Waals surface area contributed by atoms with Gasteiger partial charge in [0, 0.05) is 0 Å². The molecule has 12 heavy (non-hydrogen) atoms. The van der Waals surface area contributed by atoms with Crippen molar-refractivity contribution in [3.05, 3.63) is 12.2 Å². The predicted molar refractivity (Wildman–Crippen MR) is 53.2 cm³/mol. The van der Waals surface area contributed by atoms with Gasteiger partial charge in [-0.25, -0.2) is 0 Å². The summed E-state index contributed by atoms with van der Waals surface area (Å²) in [5, 5.41) is 0. The van der Waals surface area contributed by atoms with Crippen LogP contribution in [0.4, 0.5) is 0 Å². The molecule has 0 rings (SSSR count). The summed E-state index contributed by atoms with van der Waals surface area (Å²) >= 11 is 0. The van der Waals surface area contributed by atoms with Gasteiger partial charge >= 0.3 is 0 Å². The van der Waals surface area contributed by atoms with Crippen LogP contribution in [0.5, 0.6) is 0 Å². The van der Waals surface area contributed by atoms with Gasteiger partial charge in [0.2, 0.25) is 0 Å². The Labute approximate surface area is 75.9 Å². The first-order valence-corrected chi connectivity index (χ1v) is 4.94. The van der Waals surface area contributed by atoms with Gasteiger partial charge in [0.15, 0.2) is 5.78 Å². The maximum absolute atomic E-state index is 10.5. The third-order valence-corrected chi connectivity index (χ3v) is 1.83. The molecule has 0 aliphatic carbocycles. The van der Waals surface area contributed by atoms with E-state index in [4.69, 9.17) is 0 Å². The SMILES string of the molecule is CCCCCCC/C=C\C(C)=O. The maximum atomic E-state index is 10.5. The molecule has 0 bridgehead atoms. The molecule has 70 valence electrons. The Morgan fingerprint density at radius 3 is 2.42 bits per heavy atom. The van der Waals surface area contributed by atoms with Gasteiger partial charge < -0.3 is 0 Å². The lowest BCUT2D eigenvalue weighted by Gasteiger charge is -1.95. The van der Waals surface area contributed by atoms with Crippen molar-refractivity contribution < 1.29 is 4.79 Å². The van der Waals surface area contributed by atoms with E-state index in [0.29, 0.717) is 0 Å². The molecule has 0 aliphatic heterocycles. The van der Waals surface area contributed by atoms with Crippen molar-refractivity contribution in [3.8, 4) is 0 Å². The topological polar surface area (TPSA) is 17.1 Å². The zero-order chi connectivity index (χ0) is 9.23. The second kappa shape index (κ2) is 8.51. The highest BCUT2D eigenvalue weighted by atomic mass is 16.1. The molecule has 0 fully saturated rings. The quantitative estimate of drug-likeness (QED) is 0.420. The third kappa shape index (κ3) is 9.41. The molecule has 0 atom stereocenters. The Balaban J connectivity index is 3.05. The highest BCUT2D eigenvalue weighted by Crippen LogP contribution is 2.05. The largest absolute Gasteiger partial charge is 0.295 e. The van der Waals surface area contributed by atoms with Crippen molar-refractivity contribution in [2.75, 3.05) is 0 Å². The zero-order valence-electron chi connectivity index (χ0n) is 8.31. The second-order valence-corrected chi connectivity index (χ2v) is 3.22. The molecular weight excluding hydrogens is 148 g/mol. The van der Waals surface area contributed by atoms with Gasteiger partial charge in [-0.1, -0.05) is 38.7 Å². The number of rotatable bonds is 7. The average Bonchev–Trinajstić information content (AvgIpc) is 2.02. The molecule has 0 amide bonds. The summed E-state index contributed by atoms with van der Waals surface area (Å²) in [6.07, 6.45) is 11.2. The minimum atomic E-state index is 0.156. The Kier molecular flexibility index (Phi) is 8.09. The Morgan fingerprint density at radius 2 is 1.83 bits per heavy atom. The fourth-order valence-corrected chi connectivity index (χ4v) is 1.12. The van der Waals surface area contributed by atoms with E-state index in [2.05, 4.69) is 6.92 Å². The van der Waals surface area contributed by atoms with Crippen LogP contribution in [0.1, 0.15) is 52.4 Å². The van der Waals surface area contributed by atoms with Crippen LogP contribution in [0.3, 0.4) is 0 Å². The van der Waals surface area contributed by atoms with Gasteiger partial charge in [-0.05, 0) is 25.8 Å². The highest BCUT2D eigenvalue weighted by molar-refractivity contribution is 5.87. The number of allylic oxidation sites excluding steroid dienone is 2. The molecule has 0 N–H and O–H groups in total. The van der Waals surface area contributed by atoms with E-state index in [1.54, 1.807) is 13.0 Å². The summed E-state index contributed by atoms with van der Waals surface area (Å²) < 4.78 is 0. The van der Waals surface area contributed by atoms with E-state index < -0.39 is 0 Å². The Bertz CT molecular complexity index is 136. The van der Waals surface area contributed by atoms with Gasteiger partial charge in [-0.3, -0.25) is 4.79 Å². The lowest BCUT2D eigenvalue weighted by molar-refractivity contribution is -0.112. The van der Waals surface area contributed by atoms with Crippen molar-refractivity contribution in [2.45, 2.75) is 52.4 Å². The van der Waals surface area contributed by atoms with Crippen LogP contribution < -0.4 is 0 Å². The second-order valence-electron chi connectivity index (χ2n) is 3.22. The summed E-state index contributed by atoms with van der Waals surface area (Å²) in [5.74, 6) is 0.156. The van der Waals surface area contributed by atoms with Gasteiger partial charge in [0.25, 0.3) is 0 Å². The molecule has 1 nitrogen and oxygen atoms in total. The predicted octanol–water partition coefficient (Wildman–Crippen LogP) is 3.49. The van der Waals surface area contributed by atoms with E-state index in [0.717, 1.165) is 6.42 Å². The maximum Gasteiger partial charge on any atom is 0.152 e. The van der Waals surface area contributed by atoms with Gasteiger partial charge in [-0.2, -0.15) is 0 Å². The van der Waals surface area contributed by atoms with E-state index in [1.165, 1.54) is 32.1 Å². The molecule has 0 saturated carbocycles. The lowest BCUT2D eigenvalue weighted by atomic mass is 10.1. The summed E-state index contributed by atoms with van der Waals surface area (Å²) in [5.41, 5.74) is 0. The molecule has 0 aliphatic rings. The van der Waals surface area contributed by atoms with Crippen molar-refractivity contribution in [2.24, 2.45) is 0 Å². The molecule has 0 aromatic rings. The average molecular weight is 168 g/mol. The monoisotopic (exact) mass is 168 g/mol. The summed E-state index contributed by atoms with van der Waals surface area (Å²) in [6.45, 7) is 3.81. The molecule has 0 unspecified atom stereocenters. The van der Waals surface area contributed by atoms with E-state index in [1.807, 2.05) is 6.08 Å². The van der Waals surface area contributed by atoms with Crippen molar-refractivity contribution in [3.63, 3.8) is 0 Å². The highest BCUT2D eigenvalue weighted by Gasteiger charge is 1.86. The van der Waals surface area contributed by atoms with Gasteiger partial charge in [0.05, 0.1) is 0 Å². The third-order valence-electron chi connectivity index (χ3n) is 1.83. The summed E-state index contributed by atoms with van der Waals surface area (Å²) in [7, 11) is 0. The van der Waals surface area contributed by atoms with E-state index in [-0.39, 0.29) is 5.78 Å². The molecule has 0 aromatic carbocycles. The molecule has 0 aromatic heterocycles. The number of unbranched alkanes of at least 4 members (excludes halogenated alkanes) is 5. The van der Waals surface area contributed by atoms with Crippen LogP contribution in [0.2, 0.25) is 0 Å². The molecule has 1 heteroatoms. The van der Waals surface area contributed by atoms with Crippen LogP contribution in [0.25, 0.3) is 0 Å². The lowest BCUT2D eigenvalue weighted by Crippen LogP contribution is -1.80. The summed E-state index contributed by atoms with van der Waals surface area (Å²) in [4.78, 5) is 10.5. The zero-order valence-corrected chi connectivity index (χ0v) is 8.31. The molecular formula is C11H20O.